The van der Waals surface area contributed by atoms with E-state index in [1.54, 1.807) is 5.57 Å². The molecule has 0 nitrogen and oxygen atoms in total. The summed E-state index contributed by atoms with van der Waals surface area (Å²) in [7, 11) is 0. The summed E-state index contributed by atoms with van der Waals surface area (Å²) in [5.74, 6) is 2.75. The normalized spacial score (nSPS) is 23.4. The van der Waals surface area contributed by atoms with Crippen LogP contribution in [-0.4, -0.2) is 0 Å². The summed E-state index contributed by atoms with van der Waals surface area (Å²) in [6.45, 7) is 4.62. The SMILES string of the molecule is CCCCCCCCCCC1C=CC(C2CCC(CCCCCCCCCC)CC2)=CC1. The minimum atomic E-state index is 0.831. The summed E-state index contributed by atoms with van der Waals surface area (Å²) < 4.78 is 0. The maximum atomic E-state index is 2.62. The average Bonchev–Trinajstić information content (AvgIpc) is 2.83. The Morgan fingerprint density at radius 1 is 0.594 bits per heavy atom. The molecular weight excluding hydrogens is 384 g/mol. The van der Waals surface area contributed by atoms with Gasteiger partial charge in [-0.1, -0.05) is 141 Å². The fourth-order valence-electron chi connectivity index (χ4n) is 6.09. The Bertz CT molecular complexity index is 476. The molecule has 2 aliphatic carbocycles. The van der Waals surface area contributed by atoms with Crippen LogP contribution in [0.4, 0.5) is 0 Å². The molecule has 0 aromatic heterocycles. The Morgan fingerprint density at radius 2 is 1.09 bits per heavy atom. The largest absolute Gasteiger partial charge is 0.0808 e. The smallest absolute Gasteiger partial charge is 0.0165 e. The number of hydrogen-bond donors (Lipinski definition) is 0. The van der Waals surface area contributed by atoms with Crippen LogP contribution in [0.1, 0.15) is 162 Å². The molecule has 1 atom stereocenters. The molecule has 0 aromatic rings. The first-order valence-electron chi connectivity index (χ1n) is 15.2. The highest BCUT2D eigenvalue weighted by Gasteiger charge is 2.23. The fraction of sp³-hybridized carbons (Fsp3) is 0.875. The van der Waals surface area contributed by atoms with Gasteiger partial charge < -0.3 is 0 Å². The van der Waals surface area contributed by atoms with E-state index in [2.05, 4.69) is 32.1 Å². The summed E-state index contributed by atoms with van der Waals surface area (Å²) >= 11 is 0. The van der Waals surface area contributed by atoms with Crippen LogP contribution in [-0.2, 0) is 0 Å². The highest BCUT2D eigenvalue weighted by atomic mass is 14.3. The highest BCUT2D eigenvalue weighted by Crippen LogP contribution is 2.38. The number of hydrogen-bond acceptors (Lipinski definition) is 0. The Balaban J connectivity index is 1.46. The zero-order valence-corrected chi connectivity index (χ0v) is 22.2. The van der Waals surface area contributed by atoms with Crippen LogP contribution in [0.2, 0.25) is 0 Å². The molecule has 0 radical (unpaired) electrons. The maximum Gasteiger partial charge on any atom is -0.0165 e. The van der Waals surface area contributed by atoms with E-state index in [0.29, 0.717) is 0 Å². The van der Waals surface area contributed by atoms with Gasteiger partial charge in [-0.3, -0.25) is 0 Å². The molecule has 1 unspecified atom stereocenters. The molecule has 0 aromatic carbocycles. The molecule has 1 fully saturated rings. The summed E-state index contributed by atoms with van der Waals surface area (Å²) in [5, 5.41) is 0. The molecule has 32 heavy (non-hydrogen) atoms. The van der Waals surface area contributed by atoms with E-state index in [-0.39, 0.29) is 0 Å². The molecule has 0 aliphatic heterocycles. The van der Waals surface area contributed by atoms with Gasteiger partial charge in [0.25, 0.3) is 0 Å². The minimum Gasteiger partial charge on any atom is -0.0808 e. The molecule has 2 rings (SSSR count). The van der Waals surface area contributed by atoms with Gasteiger partial charge in [0.2, 0.25) is 0 Å². The lowest BCUT2D eigenvalue weighted by Gasteiger charge is -2.31. The van der Waals surface area contributed by atoms with Gasteiger partial charge in [-0.25, -0.2) is 0 Å². The van der Waals surface area contributed by atoms with Crippen LogP contribution in [0, 0.1) is 17.8 Å². The predicted molar refractivity (Wildman–Crippen MR) is 145 cm³/mol. The Labute approximate surface area is 203 Å². The Morgan fingerprint density at radius 3 is 1.59 bits per heavy atom. The van der Waals surface area contributed by atoms with Crippen molar-refractivity contribution < 1.29 is 0 Å². The molecule has 1 saturated carbocycles. The molecule has 0 heterocycles. The first kappa shape index (κ1) is 27.7. The summed E-state index contributed by atoms with van der Waals surface area (Å²) in [6, 6.07) is 0. The van der Waals surface area contributed by atoms with E-state index in [1.807, 2.05) is 0 Å². The van der Waals surface area contributed by atoms with Crippen molar-refractivity contribution in [3.05, 3.63) is 23.8 Å². The number of unbranched alkanes of at least 4 members (excludes halogenated alkanes) is 14. The van der Waals surface area contributed by atoms with Gasteiger partial charge in [-0.15, -0.1) is 0 Å². The van der Waals surface area contributed by atoms with Crippen LogP contribution >= 0.6 is 0 Å². The van der Waals surface area contributed by atoms with Crippen LogP contribution in [0.5, 0.6) is 0 Å². The third-order valence-corrected chi connectivity index (χ3v) is 8.43. The van der Waals surface area contributed by atoms with E-state index in [1.165, 1.54) is 148 Å². The van der Waals surface area contributed by atoms with Crippen molar-refractivity contribution in [2.45, 2.75) is 162 Å². The zero-order chi connectivity index (χ0) is 22.7. The third-order valence-electron chi connectivity index (χ3n) is 8.43. The average molecular weight is 443 g/mol. The molecule has 0 N–H and O–H groups in total. The zero-order valence-electron chi connectivity index (χ0n) is 22.2. The topological polar surface area (TPSA) is 0 Å². The molecule has 0 bridgehead atoms. The van der Waals surface area contributed by atoms with E-state index in [9.17, 15) is 0 Å². The maximum absolute atomic E-state index is 2.62. The van der Waals surface area contributed by atoms with Gasteiger partial charge in [-0.05, 0) is 61.9 Å². The third kappa shape index (κ3) is 12.6. The monoisotopic (exact) mass is 442 g/mol. The molecular formula is C32H58. The first-order valence-corrected chi connectivity index (χ1v) is 15.2. The number of allylic oxidation sites excluding steroid dienone is 4. The standard InChI is InChI=1S/C32H58/c1-3-5-7-9-11-13-15-17-19-29-21-25-31(26-22-29)32-27-23-30(24-28-32)20-18-16-14-12-10-8-6-4-2/h21,25-26,29-30,32H,3-20,22-24,27-28H2,1-2H3. The van der Waals surface area contributed by atoms with Crippen molar-refractivity contribution in [1.82, 2.24) is 0 Å². The summed E-state index contributed by atoms with van der Waals surface area (Å²) in [6.07, 6.45) is 41.1. The van der Waals surface area contributed by atoms with E-state index >= 15 is 0 Å². The summed E-state index contributed by atoms with van der Waals surface area (Å²) in [5.41, 5.74) is 1.70. The quantitative estimate of drug-likeness (QED) is 0.174. The van der Waals surface area contributed by atoms with E-state index in [4.69, 9.17) is 0 Å². The number of rotatable bonds is 19. The second kappa shape index (κ2) is 18.9. The summed E-state index contributed by atoms with van der Waals surface area (Å²) in [4.78, 5) is 0. The molecule has 2 aliphatic rings. The van der Waals surface area contributed by atoms with Crippen LogP contribution < -0.4 is 0 Å². The fourth-order valence-corrected chi connectivity index (χ4v) is 6.09. The van der Waals surface area contributed by atoms with Gasteiger partial charge in [0.15, 0.2) is 0 Å². The molecule has 0 heteroatoms. The van der Waals surface area contributed by atoms with Gasteiger partial charge in [0, 0.05) is 0 Å². The molecule has 0 spiro atoms. The van der Waals surface area contributed by atoms with Crippen LogP contribution in [0.15, 0.2) is 23.8 Å². The van der Waals surface area contributed by atoms with Crippen molar-refractivity contribution in [2.24, 2.45) is 17.8 Å². The molecule has 0 saturated heterocycles. The lowest BCUT2D eigenvalue weighted by Crippen LogP contribution is -2.17. The van der Waals surface area contributed by atoms with Gasteiger partial charge >= 0.3 is 0 Å². The lowest BCUT2D eigenvalue weighted by atomic mass is 9.75. The van der Waals surface area contributed by atoms with Crippen LogP contribution in [0.3, 0.4) is 0 Å². The lowest BCUT2D eigenvalue weighted by molar-refractivity contribution is 0.282. The van der Waals surface area contributed by atoms with Crippen molar-refractivity contribution in [1.29, 1.82) is 0 Å². The highest BCUT2D eigenvalue weighted by molar-refractivity contribution is 5.26. The van der Waals surface area contributed by atoms with Crippen molar-refractivity contribution in [3.8, 4) is 0 Å². The van der Waals surface area contributed by atoms with Gasteiger partial charge in [0.1, 0.15) is 0 Å². The van der Waals surface area contributed by atoms with Crippen molar-refractivity contribution in [3.63, 3.8) is 0 Å². The van der Waals surface area contributed by atoms with Gasteiger partial charge in [0.05, 0.1) is 0 Å². The predicted octanol–water partition coefficient (Wildman–Crippen LogP) is 11.4. The van der Waals surface area contributed by atoms with Gasteiger partial charge in [-0.2, -0.15) is 0 Å². The van der Waals surface area contributed by atoms with Crippen molar-refractivity contribution in [2.75, 3.05) is 0 Å². The second-order valence-corrected chi connectivity index (χ2v) is 11.3. The Kier molecular flexibility index (Phi) is 16.3. The van der Waals surface area contributed by atoms with E-state index in [0.717, 1.165) is 17.8 Å². The van der Waals surface area contributed by atoms with E-state index < -0.39 is 0 Å². The first-order chi connectivity index (χ1) is 15.8. The van der Waals surface area contributed by atoms with Crippen molar-refractivity contribution >= 4 is 0 Å². The second-order valence-electron chi connectivity index (χ2n) is 11.3. The van der Waals surface area contributed by atoms with Crippen LogP contribution in [0.25, 0.3) is 0 Å². The molecule has 0 amide bonds. The Hall–Kier alpha value is -0.520. The minimum absolute atomic E-state index is 0.831. The molecule has 186 valence electrons.